The molecule has 0 bridgehead atoms. The second-order valence-electron chi connectivity index (χ2n) is 24.9. The van der Waals surface area contributed by atoms with E-state index < -0.39 is 49.5 Å². The molecular formula is C76H135NO10. The summed E-state index contributed by atoms with van der Waals surface area (Å²) in [6.45, 7) is 4.24. The average Bonchev–Trinajstić information content (AvgIpc) is 2.75. The lowest BCUT2D eigenvalue weighted by molar-refractivity contribution is -0.302. The van der Waals surface area contributed by atoms with Crippen LogP contribution in [0.1, 0.15) is 322 Å². The fraction of sp³-hybridized carbons (Fsp3) is 0.789. The molecule has 7 unspecified atom stereocenters. The highest BCUT2D eigenvalue weighted by Gasteiger charge is 2.44. The van der Waals surface area contributed by atoms with Crippen LogP contribution >= 0.6 is 0 Å². The molecular weight excluding hydrogens is 1090 g/mol. The summed E-state index contributed by atoms with van der Waals surface area (Å²) in [5, 5.41) is 54.4. The maximum atomic E-state index is 13.1. The van der Waals surface area contributed by atoms with Gasteiger partial charge in [-0.25, -0.2) is 0 Å². The molecule has 1 aliphatic rings. The largest absolute Gasteiger partial charge is 0.466 e. The van der Waals surface area contributed by atoms with Gasteiger partial charge in [0.1, 0.15) is 24.4 Å². The molecule has 0 aromatic rings. The molecule has 0 aromatic carbocycles. The Balaban J connectivity index is 1.95. The lowest BCUT2D eigenvalue weighted by atomic mass is 9.99. The second-order valence-corrected chi connectivity index (χ2v) is 24.9. The molecule has 11 heteroatoms. The highest BCUT2D eigenvalue weighted by Crippen LogP contribution is 2.23. The molecule has 1 heterocycles. The van der Waals surface area contributed by atoms with Crippen molar-refractivity contribution >= 4 is 11.9 Å². The van der Waals surface area contributed by atoms with E-state index >= 15 is 0 Å². The molecule has 7 atom stereocenters. The van der Waals surface area contributed by atoms with E-state index in [1.807, 2.05) is 6.08 Å². The third kappa shape index (κ3) is 53.2. The van der Waals surface area contributed by atoms with Crippen LogP contribution in [0.25, 0.3) is 0 Å². The molecule has 1 amide bonds. The van der Waals surface area contributed by atoms with Crippen molar-refractivity contribution in [3.8, 4) is 0 Å². The standard InChI is InChI=1S/C76H135NO10/c1-3-5-7-9-11-13-15-17-40-44-48-52-56-60-64-72(81)85-65-61-57-53-49-45-41-38-36-34-32-30-28-26-24-22-20-18-19-21-23-25-27-29-31-33-35-37-39-43-47-51-55-59-63-71(80)77-68(67-86-76-75(84)74(83)73(82)70(66-78)87-76)69(79)62-58-54-50-46-42-16-14-12-10-8-6-4-2/h9-12,15,17,22,24,28,30,42,46,58,62,68-70,73-76,78-79,82-84H,3-8,13-14,16,18-21,23,25-27,29,31-41,43-45,47-57,59-61,63-67H2,1-2H3,(H,77,80)/b11-9-,12-10+,17-15-,24-22-,30-28-,46-42+,62-58+. The van der Waals surface area contributed by atoms with Crippen LogP contribution in [0.5, 0.6) is 0 Å². The summed E-state index contributed by atoms with van der Waals surface area (Å²) in [5.41, 5.74) is 0. The zero-order valence-electron chi connectivity index (χ0n) is 56.0. The summed E-state index contributed by atoms with van der Waals surface area (Å²) in [6, 6.07) is -0.835. The van der Waals surface area contributed by atoms with E-state index in [1.165, 1.54) is 212 Å². The summed E-state index contributed by atoms with van der Waals surface area (Å²) >= 11 is 0. The number of rotatable bonds is 63. The first-order chi connectivity index (χ1) is 42.7. The maximum Gasteiger partial charge on any atom is 0.305 e. The van der Waals surface area contributed by atoms with Crippen LogP contribution in [0.4, 0.5) is 0 Å². The minimum absolute atomic E-state index is 0.00878. The van der Waals surface area contributed by atoms with E-state index in [1.54, 1.807) is 6.08 Å². The number of esters is 1. The number of carbonyl (C=O) groups is 2. The Labute approximate surface area is 533 Å². The van der Waals surface area contributed by atoms with Gasteiger partial charge in [0, 0.05) is 12.8 Å². The van der Waals surface area contributed by atoms with Crippen molar-refractivity contribution in [2.75, 3.05) is 19.8 Å². The number of nitrogens with one attached hydrogen (secondary N) is 1. The number of hydrogen-bond donors (Lipinski definition) is 6. The van der Waals surface area contributed by atoms with Crippen molar-refractivity contribution < 1.29 is 49.3 Å². The molecule has 504 valence electrons. The molecule has 11 nitrogen and oxygen atoms in total. The number of hydrogen-bond acceptors (Lipinski definition) is 10. The van der Waals surface area contributed by atoms with Gasteiger partial charge in [-0.3, -0.25) is 9.59 Å². The SMILES string of the molecule is CCCC/C=C\C/C=C\CCCCCCCC(=O)OCCCCCCCCCCC/C=C\C/C=C\CCCCCCCCCCCCCCCCCCCC(=O)NC(COC1OC(CO)C(O)C(O)C1O)C(O)/C=C/CC/C=C/CC/C=C/CCCC. The van der Waals surface area contributed by atoms with Gasteiger partial charge >= 0.3 is 5.97 Å². The Morgan fingerprint density at radius 2 is 0.782 bits per heavy atom. The molecule has 0 saturated carbocycles. The Bertz CT molecular complexity index is 1720. The summed E-state index contributed by atoms with van der Waals surface area (Å²) in [7, 11) is 0. The number of ether oxygens (including phenoxy) is 3. The Morgan fingerprint density at radius 3 is 1.21 bits per heavy atom. The van der Waals surface area contributed by atoms with Gasteiger partial charge in [0.05, 0.1) is 32.0 Å². The summed E-state index contributed by atoms with van der Waals surface area (Å²) < 4.78 is 16.7. The van der Waals surface area contributed by atoms with Crippen LogP contribution < -0.4 is 5.32 Å². The average molecular weight is 1220 g/mol. The van der Waals surface area contributed by atoms with Crippen molar-refractivity contribution in [3.05, 3.63) is 85.1 Å². The summed E-state index contributed by atoms with van der Waals surface area (Å²) in [5.74, 6) is -0.205. The molecule has 0 aromatic heterocycles. The third-order valence-electron chi connectivity index (χ3n) is 16.7. The van der Waals surface area contributed by atoms with Crippen molar-refractivity contribution in [2.45, 2.75) is 365 Å². The topological polar surface area (TPSA) is 175 Å². The first-order valence-electron chi connectivity index (χ1n) is 36.4. The van der Waals surface area contributed by atoms with Crippen molar-refractivity contribution in [3.63, 3.8) is 0 Å². The monoisotopic (exact) mass is 1220 g/mol. The van der Waals surface area contributed by atoms with Crippen LogP contribution in [-0.4, -0.2) is 100 Å². The normalized spacial score (nSPS) is 18.4. The van der Waals surface area contributed by atoms with E-state index in [-0.39, 0.29) is 18.5 Å². The Hall–Kier alpha value is -3.16. The van der Waals surface area contributed by atoms with E-state index in [9.17, 15) is 35.1 Å². The number of allylic oxidation sites excluding steroid dienone is 13. The Morgan fingerprint density at radius 1 is 0.425 bits per heavy atom. The van der Waals surface area contributed by atoms with E-state index in [0.717, 1.165) is 83.5 Å². The lowest BCUT2D eigenvalue weighted by Gasteiger charge is -2.40. The van der Waals surface area contributed by atoms with Gasteiger partial charge < -0.3 is 45.1 Å². The lowest BCUT2D eigenvalue weighted by Crippen LogP contribution is -2.60. The number of carbonyl (C=O) groups excluding carboxylic acids is 2. The molecule has 1 rings (SSSR count). The van der Waals surface area contributed by atoms with Crippen LogP contribution in [0.15, 0.2) is 85.1 Å². The van der Waals surface area contributed by atoms with E-state index in [4.69, 9.17) is 14.2 Å². The fourth-order valence-electron chi connectivity index (χ4n) is 10.9. The zero-order chi connectivity index (χ0) is 63.0. The molecule has 0 aliphatic carbocycles. The number of aliphatic hydroxyl groups excluding tert-OH is 5. The van der Waals surface area contributed by atoms with Crippen LogP contribution in [0.3, 0.4) is 0 Å². The minimum Gasteiger partial charge on any atom is -0.466 e. The molecule has 1 saturated heterocycles. The molecule has 1 fully saturated rings. The van der Waals surface area contributed by atoms with Gasteiger partial charge in [0.25, 0.3) is 0 Å². The van der Waals surface area contributed by atoms with Gasteiger partial charge in [-0.15, -0.1) is 0 Å². The van der Waals surface area contributed by atoms with Crippen LogP contribution in [0, 0.1) is 0 Å². The molecule has 1 aliphatic heterocycles. The van der Waals surface area contributed by atoms with Crippen LogP contribution in [-0.2, 0) is 23.8 Å². The molecule has 0 radical (unpaired) electrons. The quantitative estimate of drug-likeness (QED) is 0.0195. The Kier molecular flexibility index (Phi) is 60.6. The first-order valence-corrected chi connectivity index (χ1v) is 36.4. The fourth-order valence-corrected chi connectivity index (χ4v) is 10.9. The molecule has 87 heavy (non-hydrogen) atoms. The van der Waals surface area contributed by atoms with Gasteiger partial charge in [-0.1, -0.05) is 285 Å². The number of amides is 1. The van der Waals surface area contributed by atoms with Gasteiger partial charge in [0.15, 0.2) is 6.29 Å². The first kappa shape index (κ1) is 81.9. The van der Waals surface area contributed by atoms with Gasteiger partial charge in [-0.2, -0.15) is 0 Å². The number of aliphatic hydroxyl groups is 5. The van der Waals surface area contributed by atoms with Gasteiger partial charge in [-0.05, 0) is 109 Å². The maximum absolute atomic E-state index is 13.1. The minimum atomic E-state index is -1.58. The van der Waals surface area contributed by atoms with Crippen molar-refractivity contribution in [1.82, 2.24) is 5.32 Å². The number of unbranched alkanes of at least 4 members (excludes halogenated alkanes) is 37. The molecule has 0 spiro atoms. The second kappa shape index (κ2) is 64.4. The summed E-state index contributed by atoms with van der Waals surface area (Å²) in [6.07, 6.45) is 78.7. The predicted octanol–water partition coefficient (Wildman–Crippen LogP) is 18.8. The van der Waals surface area contributed by atoms with Crippen molar-refractivity contribution in [1.29, 1.82) is 0 Å². The van der Waals surface area contributed by atoms with E-state index in [2.05, 4.69) is 92.1 Å². The van der Waals surface area contributed by atoms with Crippen molar-refractivity contribution in [2.24, 2.45) is 0 Å². The van der Waals surface area contributed by atoms with Crippen LogP contribution in [0.2, 0.25) is 0 Å². The predicted molar refractivity (Wildman–Crippen MR) is 366 cm³/mol. The van der Waals surface area contributed by atoms with E-state index in [0.29, 0.717) is 19.4 Å². The highest BCUT2D eigenvalue weighted by molar-refractivity contribution is 5.76. The highest BCUT2D eigenvalue weighted by atomic mass is 16.7. The summed E-state index contributed by atoms with van der Waals surface area (Å²) in [4.78, 5) is 25.1. The zero-order valence-corrected chi connectivity index (χ0v) is 56.0. The van der Waals surface area contributed by atoms with Gasteiger partial charge in [0.2, 0.25) is 5.91 Å². The third-order valence-corrected chi connectivity index (χ3v) is 16.7. The molecule has 6 N–H and O–H groups in total. The smallest absolute Gasteiger partial charge is 0.305 e.